The first kappa shape index (κ1) is 16.9. The number of aliphatic hydroxyl groups excluding tert-OH is 1. The molecule has 1 N–H and O–H groups in total. The highest BCUT2D eigenvalue weighted by Crippen LogP contribution is 2.16. The smallest absolute Gasteiger partial charge is 0.106 e. The lowest BCUT2D eigenvalue weighted by atomic mass is 10.00. The van der Waals surface area contributed by atoms with Gasteiger partial charge < -0.3 is 14.6 Å². The van der Waals surface area contributed by atoms with E-state index in [1.165, 1.54) is 19.3 Å². The summed E-state index contributed by atoms with van der Waals surface area (Å²) in [5, 5.41) is 9.89. The van der Waals surface area contributed by atoms with Crippen molar-refractivity contribution in [1.29, 1.82) is 0 Å². The summed E-state index contributed by atoms with van der Waals surface area (Å²) in [6, 6.07) is 0. The van der Waals surface area contributed by atoms with Crippen LogP contribution in [0.4, 0.5) is 0 Å². The van der Waals surface area contributed by atoms with Gasteiger partial charge in [0.2, 0.25) is 0 Å². The van der Waals surface area contributed by atoms with Crippen LogP contribution in [0.2, 0.25) is 0 Å². The molecule has 2 unspecified atom stereocenters. The molecular weight excluding hydrogens is 216 g/mol. The molecule has 17 heavy (non-hydrogen) atoms. The first-order valence-corrected chi connectivity index (χ1v) is 6.78. The molecule has 0 amide bonds. The first-order valence-electron chi connectivity index (χ1n) is 6.78. The predicted molar refractivity (Wildman–Crippen MR) is 71.2 cm³/mol. The Labute approximate surface area is 107 Å². The van der Waals surface area contributed by atoms with E-state index in [0.717, 1.165) is 13.0 Å². The fraction of sp³-hybridized carbons (Fsp3) is 1.00. The molecule has 0 aliphatic rings. The van der Waals surface area contributed by atoms with Crippen LogP contribution in [0.3, 0.4) is 0 Å². The van der Waals surface area contributed by atoms with Crippen LogP contribution in [0.5, 0.6) is 0 Å². The van der Waals surface area contributed by atoms with Gasteiger partial charge in [0, 0.05) is 13.7 Å². The molecule has 0 radical (unpaired) electrons. The van der Waals surface area contributed by atoms with Gasteiger partial charge in [-0.15, -0.1) is 0 Å². The van der Waals surface area contributed by atoms with E-state index in [1.54, 1.807) is 7.11 Å². The number of rotatable bonds is 10. The lowest BCUT2D eigenvalue weighted by Gasteiger charge is -2.29. The average molecular weight is 246 g/mol. The van der Waals surface area contributed by atoms with Crippen molar-refractivity contribution in [2.24, 2.45) is 5.92 Å². The van der Waals surface area contributed by atoms with E-state index in [2.05, 4.69) is 13.8 Å². The Balaban J connectivity index is 3.80. The molecule has 0 spiro atoms. The molecule has 0 saturated carbocycles. The number of methoxy groups -OCH3 is 1. The van der Waals surface area contributed by atoms with Crippen molar-refractivity contribution in [2.75, 3.05) is 20.3 Å². The highest BCUT2D eigenvalue weighted by Gasteiger charge is 2.27. The van der Waals surface area contributed by atoms with E-state index < -0.39 is 11.7 Å². The Morgan fingerprint density at radius 3 is 2.29 bits per heavy atom. The highest BCUT2D eigenvalue weighted by molar-refractivity contribution is 4.78. The van der Waals surface area contributed by atoms with Crippen molar-refractivity contribution in [2.45, 2.75) is 65.1 Å². The first-order chi connectivity index (χ1) is 7.97. The van der Waals surface area contributed by atoms with Crippen LogP contribution >= 0.6 is 0 Å². The molecular formula is C14H30O3. The van der Waals surface area contributed by atoms with Crippen molar-refractivity contribution >= 4 is 0 Å². The molecule has 0 rings (SSSR count). The monoisotopic (exact) mass is 246 g/mol. The fourth-order valence-electron chi connectivity index (χ4n) is 1.58. The highest BCUT2D eigenvalue weighted by atomic mass is 16.5. The zero-order valence-electron chi connectivity index (χ0n) is 12.2. The largest absolute Gasteiger partial charge is 0.388 e. The standard InChI is InChI=1S/C14H30O3/c1-6-8-9-12(7-2)10-17-11-13(15)14(3,4)16-5/h12-13,15H,6-11H2,1-5H3. The van der Waals surface area contributed by atoms with E-state index in [9.17, 15) is 5.11 Å². The maximum Gasteiger partial charge on any atom is 0.106 e. The maximum atomic E-state index is 9.89. The van der Waals surface area contributed by atoms with Crippen LogP contribution in [0, 0.1) is 5.92 Å². The summed E-state index contributed by atoms with van der Waals surface area (Å²) in [7, 11) is 1.61. The Kier molecular flexibility index (Phi) is 8.83. The number of unbranched alkanes of at least 4 members (excludes halogenated alkanes) is 1. The summed E-state index contributed by atoms with van der Waals surface area (Å²) in [6.45, 7) is 9.24. The second-order valence-electron chi connectivity index (χ2n) is 5.28. The second-order valence-corrected chi connectivity index (χ2v) is 5.28. The third kappa shape index (κ3) is 7.02. The molecule has 0 aromatic rings. The third-order valence-electron chi connectivity index (χ3n) is 3.50. The topological polar surface area (TPSA) is 38.7 Å². The summed E-state index contributed by atoms with van der Waals surface area (Å²) < 4.78 is 10.8. The van der Waals surface area contributed by atoms with Crippen LogP contribution in [0.15, 0.2) is 0 Å². The van der Waals surface area contributed by atoms with Gasteiger partial charge in [0.25, 0.3) is 0 Å². The third-order valence-corrected chi connectivity index (χ3v) is 3.50. The average Bonchev–Trinajstić information content (AvgIpc) is 2.33. The molecule has 0 heterocycles. The van der Waals surface area contributed by atoms with Crippen LogP contribution in [-0.4, -0.2) is 37.1 Å². The van der Waals surface area contributed by atoms with Crippen molar-refractivity contribution in [3.05, 3.63) is 0 Å². The van der Waals surface area contributed by atoms with E-state index >= 15 is 0 Å². The van der Waals surface area contributed by atoms with Gasteiger partial charge in [-0.2, -0.15) is 0 Å². The summed E-state index contributed by atoms with van der Waals surface area (Å²) in [4.78, 5) is 0. The van der Waals surface area contributed by atoms with Crippen molar-refractivity contribution in [3.63, 3.8) is 0 Å². The predicted octanol–water partition coefficient (Wildman–Crippen LogP) is 3.01. The summed E-state index contributed by atoms with van der Waals surface area (Å²) >= 11 is 0. The molecule has 104 valence electrons. The molecule has 0 aliphatic heterocycles. The molecule has 0 aromatic heterocycles. The van der Waals surface area contributed by atoms with E-state index in [-0.39, 0.29) is 0 Å². The number of hydrogen-bond donors (Lipinski definition) is 1. The molecule has 0 bridgehead atoms. The van der Waals surface area contributed by atoms with Gasteiger partial charge in [-0.05, 0) is 26.2 Å². The van der Waals surface area contributed by atoms with Crippen LogP contribution < -0.4 is 0 Å². The zero-order valence-corrected chi connectivity index (χ0v) is 12.2. The summed E-state index contributed by atoms with van der Waals surface area (Å²) in [6.07, 6.45) is 4.28. The van der Waals surface area contributed by atoms with Crippen molar-refractivity contribution in [3.8, 4) is 0 Å². The van der Waals surface area contributed by atoms with Gasteiger partial charge in [-0.25, -0.2) is 0 Å². The van der Waals surface area contributed by atoms with Crippen LogP contribution in [-0.2, 0) is 9.47 Å². The summed E-state index contributed by atoms with van der Waals surface area (Å²) in [5.41, 5.74) is -0.537. The molecule has 3 nitrogen and oxygen atoms in total. The Morgan fingerprint density at radius 1 is 1.18 bits per heavy atom. The maximum absolute atomic E-state index is 9.89. The molecule has 0 aromatic carbocycles. The molecule has 2 atom stereocenters. The van der Waals surface area contributed by atoms with E-state index in [1.807, 2.05) is 13.8 Å². The van der Waals surface area contributed by atoms with E-state index in [4.69, 9.17) is 9.47 Å². The minimum Gasteiger partial charge on any atom is -0.388 e. The van der Waals surface area contributed by atoms with Gasteiger partial charge >= 0.3 is 0 Å². The minimum absolute atomic E-state index is 0.351. The minimum atomic E-state index is -0.573. The van der Waals surface area contributed by atoms with Gasteiger partial charge in [0.1, 0.15) is 6.10 Å². The Morgan fingerprint density at radius 2 is 1.82 bits per heavy atom. The number of ether oxygens (including phenoxy) is 2. The fourth-order valence-corrected chi connectivity index (χ4v) is 1.58. The van der Waals surface area contributed by atoms with Gasteiger partial charge in [0.15, 0.2) is 0 Å². The van der Waals surface area contributed by atoms with E-state index in [0.29, 0.717) is 12.5 Å². The van der Waals surface area contributed by atoms with Crippen molar-refractivity contribution < 1.29 is 14.6 Å². The molecule has 3 heteroatoms. The van der Waals surface area contributed by atoms with Gasteiger partial charge in [0.05, 0.1) is 12.2 Å². The number of aliphatic hydroxyl groups is 1. The molecule has 0 aliphatic carbocycles. The lowest BCUT2D eigenvalue weighted by molar-refractivity contribution is -0.109. The lowest BCUT2D eigenvalue weighted by Crippen LogP contribution is -2.41. The molecule has 0 saturated heterocycles. The van der Waals surface area contributed by atoms with Crippen molar-refractivity contribution in [1.82, 2.24) is 0 Å². The Hall–Kier alpha value is -0.120. The SMILES string of the molecule is CCCCC(CC)COCC(O)C(C)(C)OC. The zero-order chi connectivity index (χ0) is 13.3. The number of hydrogen-bond acceptors (Lipinski definition) is 3. The second kappa shape index (κ2) is 8.90. The normalized spacial score (nSPS) is 15.9. The van der Waals surface area contributed by atoms with Crippen LogP contribution in [0.25, 0.3) is 0 Å². The van der Waals surface area contributed by atoms with Gasteiger partial charge in [-0.1, -0.05) is 33.1 Å². The van der Waals surface area contributed by atoms with Gasteiger partial charge in [-0.3, -0.25) is 0 Å². The Bertz CT molecular complexity index is 180. The molecule has 0 fully saturated rings. The summed E-state index contributed by atoms with van der Waals surface area (Å²) in [5.74, 6) is 0.618. The van der Waals surface area contributed by atoms with Crippen LogP contribution in [0.1, 0.15) is 53.4 Å². The quantitative estimate of drug-likeness (QED) is 0.644.